The first-order valence-electron chi connectivity index (χ1n) is 6.41. The second-order valence-corrected chi connectivity index (χ2v) is 6.29. The zero-order valence-corrected chi connectivity index (χ0v) is 14.3. The normalized spacial score (nSPS) is 10.5. The topological polar surface area (TPSA) is 38.7 Å². The maximum atomic E-state index is 9.05. The molecule has 0 heterocycles. The van der Waals surface area contributed by atoms with Crippen LogP contribution in [0, 0.1) is 0 Å². The van der Waals surface area contributed by atoms with Crippen LogP contribution in [0.3, 0.4) is 0 Å². The van der Waals surface area contributed by atoms with Gasteiger partial charge in [-0.15, -0.1) is 11.8 Å². The van der Waals surface area contributed by atoms with Crippen molar-refractivity contribution in [2.24, 2.45) is 0 Å². The van der Waals surface area contributed by atoms with Gasteiger partial charge in [-0.25, -0.2) is 0 Å². The van der Waals surface area contributed by atoms with E-state index in [2.05, 4.69) is 15.9 Å². The largest absolute Gasteiger partial charge is 0.496 e. The molecular formula is C16H17BrO3S. The van der Waals surface area contributed by atoms with E-state index in [1.807, 2.05) is 36.4 Å². The number of halogens is 1. The van der Waals surface area contributed by atoms with Crippen molar-refractivity contribution in [2.45, 2.75) is 17.3 Å². The van der Waals surface area contributed by atoms with E-state index in [1.54, 1.807) is 26.0 Å². The van der Waals surface area contributed by atoms with Gasteiger partial charge in [0.05, 0.1) is 25.3 Å². The molecule has 0 fully saturated rings. The molecule has 0 aliphatic heterocycles. The van der Waals surface area contributed by atoms with Crippen LogP contribution < -0.4 is 9.47 Å². The van der Waals surface area contributed by atoms with Crippen molar-refractivity contribution in [2.75, 3.05) is 14.2 Å². The lowest BCUT2D eigenvalue weighted by Crippen LogP contribution is -1.94. The molecule has 0 aliphatic rings. The highest BCUT2D eigenvalue weighted by molar-refractivity contribution is 9.10. The Morgan fingerprint density at radius 1 is 1.05 bits per heavy atom. The Kier molecular flexibility index (Phi) is 5.96. The van der Waals surface area contributed by atoms with Crippen LogP contribution in [0.4, 0.5) is 0 Å². The number of hydrogen-bond donors (Lipinski definition) is 1. The molecule has 21 heavy (non-hydrogen) atoms. The highest BCUT2D eigenvalue weighted by Crippen LogP contribution is 2.36. The van der Waals surface area contributed by atoms with Gasteiger partial charge in [-0.3, -0.25) is 0 Å². The fourth-order valence-electron chi connectivity index (χ4n) is 1.89. The van der Waals surface area contributed by atoms with E-state index in [9.17, 15) is 0 Å². The molecule has 0 bridgehead atoms. The van der Waals surface area contributed by atoms with Gasteiger partial charge in [0.1, 0.15) is 11.5 Å². The first kappa shape index (κ1) is 16.2. The van der Waals surface area contributed by atoms with Crippen LogP contribution >= 0.6 is 27.7 Å². The van der Waals surface area contributed by atoms with Gasteiger partial charge in [0.15, 0.2) is 0 Å². The summed E-state index contributed by atoms with van der Waals surface area (Å²) in [6.45, 7) is 0.0721. The molecule has 0 aliphatic carbocycles. The van der Waals surface area contributed by atoms with Crippen LogP contribution in [0.2, 0.25) is 0 Å². The third-order valence-electron chi connectivity index (χ3n) is 3.06. The molecule has 0 atom stereocenters. The SMILES string of the molecule is COc1cc(CSc2ccc(CO)cc2)c(OC)cc1Br. The number of hydrogen-bond acceptors (Lipinski definition) is 4. The van der Waals surface area contributed by atoms with E-state index in [4.69, 9.17) is 14.6 Å². The molecule has 5 heteroatoms. The van der Waals surface area contributed by atoms with Crippen LogP contribution in [0.1, 0.15) is 11.1 Å². The number of thioether (sulfide) groups is 1. The van der Waals surface area contributed by atoms with Gasteiger partial charge in [0, 0.05) is 16.2 Å². The van der Waals surface area contributed by atoms with Crippen molar-refractivity contribution in [3.63, 3.8) is 0 Å². The predicted molar refractivity (Wildman–Crippen MR) is 89.2 cm³/mol. The number of rotatable bonds is 6. The summed E-state index contributed by atoms with van der Waals surface area (Å²) in [4.78, 5) is 1.15. The van der Waals surface area contributed by atoms with Gasteiger partial charge in [0.2, 0.25) is 0 Å². The molecule has 1 N–H and O–H groups in total. The van der Waals surface area contributed by atoms with E-state index in [1.165, 1.54) is 0 Å². The van der Waals surface area contributed by atoms with Crippen molar-refractivity contribution in [3.8, 4) is 11.5 Å². The minimum absolute atomic E-state index is 0.0721. The summed E-state index contributed by atoms with van der Waals surface area (Å²) in [5.74, 6) is 2.41. The summed E-state index contributed by atoms with van der Waals surface area (Å²) in [5, 5.41) is 9.05. The minimum Gasteiger partial charge on any atom is -0.496 e. The second kappa shape index (κ2) is 7.73. The summed E-state index contributed by atoms with van der Waals surface area (Å²) < 4.78 is 11.6. The Labute approximate surface area is 137 Å². The van der Waals surface area contributed by atoms with Crippen LogP contribution in [-0.4, -0.2) is 19.3 Å². The number of aliphatic hydroxyl groups is 1. The molecule has 0 spiro atoms. The Balaban J connectivity index is 2.14. The van der Waals surface area contributed by atoms with Gasteiger partial charge in [-0.2, -0.15) is 0 Å². The van der Waals surface area contributed by atoms with Crippen molar-refractivity contribution in [1.82, 2.24) is 0 Å². The molecular weight excluding hydrogens is 352 g/mol. The van der Waals surface area contributed by atoms with Crippen molar-refractivity contribution < 1.29 is 14.6 Å². The average Bonchev–Trinajstić information content (AvgIpc) is 2.53. The van der Waals surface area contributed by atoms with Crippen LogP contribution in [0.5, 0.6) is 11.5 Å². The molecule has 0 amide bonds. The predicted octanol–water partition coefficient (Wildman–Crippen LogP) is 4.25. The molecule has 0 radical (unpaired) electrons. The van der Waals surface area contributed by atoms with Gasteiger partial charge in [0.25, 0.3) is 0 Å². The standard InChI is InChI=1S/C16H17BrO3S/c1-19-15-8-14(17)16(20-2)7-12(15)10-21-13-5-3-11(9-18)4-6-13/h3-8,18H,9-10H2,1-2H3. The monoisotopic (exact) mass is 368 g/mol. The lowest BCUT2D eigenvalue weighted by molar-refractivity contribution is 0.282. The number of aliphatic hydroxyl groups excluding tert-OH is 1. The molecule has 0 saturated heterocycles. The smallest absolute Gasteiger partial charge is 0.133 e. The quantitative estimate of drug-likeness (QED) is 0.773. The first-order valence-corrected chi connectivity index (χ1v) is 8.18. The van der Waals surface area contributed by atoms with Gasteiger partial charge < -0.3 is 14.6 Å². The molecule has 112 valence electrons. The highest BCUT2D eigenvalue weighted by Gasteiger charge is 2.10. The molecule has 2 rings (SSSR count). The summed E-state index contributed by atoms with van der Waals surface area (Å²) in [5.41, 5.74) is 2.00. The molecule has 0 aromatic heterocycles. The van der Waals surface area contributed by atoms with Crippen LogP contribution in [0.15, 0.2) is 45.8 Å². The Hall–Kier alpha value is -1.17. The van der Waals surface area contributed by atoms with Crippen molar-refractivity contribution in [3.05, 3.63) is 52.0 Å². The average molecular weight is 369 g/mol. The van der Waals surface area contributed by atoms with Crippen LogP contribution in [-0.2, 0) is 12.4 Å². The highest BCUT2D eigenvalue weighted by atomic mass is 79.9. The zero-order chi connectivity index (χ0) is 15.2. The lowest BCUT2D eigenvalue weighted by atomic mass is 10.2. The summed E-state index contributed by atoms with van der Waals surface area (Å²) in [6.07, 6.45) is 0. The molecule has 2 aromatic carbocycles. The summed E-state index contributed by atoms with van der Waals surface area (Å²) >= 11 is 5.17. The van der Waals surface area contributed by atoms with E-state index in [0.29, 0.717) is 0 Å². The van der Waals surface area contributed by atoms with Crippen molar-refractivity contribution in [1.29, 1.82) is 0 Å². The Morgan fingerprint density at radius 3 is 2.29 bits per heavy atom. The number of benzene rings is 2. The third-order valence-corrected chi connectivity index (χ3v) is 4.74. The fourth-order valence-corrected chi connectivity index (χ4v) is 3.25. The molecule has 0 unspecified atom stereocenters. The summed E-state index contributed by atoms with van der Waals surface area (Å²) in [7, 11) is 3.32. The zero-order valence-electron chi connectivity index (χ0n) is 11.9. The van der Waals surface area contributed by atoms with Gasteiger partial charge in [-0.05, 0) is 45.8 Å². The maximum Gasteiger partial charge on any atom is 0.133 e. The maximum absolute atomic E-state index is 9.05. The van der Waals surface area contributed by atoms with Crippen LogP contribution in [0.25, 0.3) is 0 Å². The van der Waals surface area contributed by atoms with E-state index in [-0.39, 0.29) is 6.61 Å². The summed E-state index contributed by atoms with van der Waals surface area (Å²) in [6, 6.07) is 11.8. The Bertz CT molecular complexity index is 599. The minimum atomic E-state index is 0.0721. The third kappa shape index (κ3) is 4.15. The van der Waals surface area contributed by atoms with Gasteiger partial charge >= 0.3 is 0 Å². The Morgan fingerprint density at radius 2 is 1.71 bits per heavy atom. The first-order chi connectivity index (χ1) is 10.2. The van der Waals surface area contributed by atoms with E-state index >= 15 is 0 Å². The molecule has 2 aromatic rings. The van der Waals surface area contributed by atoms with Gasteiger partial charge in [-0.1, -0.05) is 12.1 Å². The molecule has 0 saturated carbocycles. The van der Waals surface area contributed by atoms with E-state index in [0.717, 1.165) is 37.7 Å². The van der Waals surface area contributed by atoms with Crippen molar-refractivity contribution >= 4 is 27.7 Å². The lowest BCUT2D eigenvalue weighted by Gasteiger charge is -2.12. The second-order valence-electron chi connectivity index (χ2n) is 4.39. The number of methoxy groups -OCH3 is 2. The molecule has 3 nitrogen and oxygen atoms in total. The fraction of sp³-hybridized carbons (Fsp3) is 0.250. The number of ether oxygens (including phenoxy) is 2. The van der Waals surface area contributed by atoms with E-state index < -0.39 is 0 Å².